The molecule has 1 heterocycles. The van der Waals surface area contributed by atoms with Crippen LogP contribution in [-0.4, -0.2) is 24.4 Å². The van der Waals surface area contributed by atoms with Crippen LogP contribution in [0.1, 0.15) is 39.2 Å². The summed E-state index contributed by atoms with van der Waals surface area (Å²) < 4.78 is 13.0. The third-order valence-electron chi connectivity index (χ3n) is 5.64. The molecule has 2 aromatic carbocycles. The van der Waals surface area contributed by atoms with Gasteiger partial charge in [0.25, 0.3) is 0 Å². The predicted octanol–water partition coefficient (Wildman–Crippen LogP) is 5.83. The average molecular weight is 408 g/mol. The van der Waals surface area contributed by atoms with Gasteiger partial charge in [-0.3, -0.25) is 5.32 Å². The van der Waals surface area contributed by atoms with Crippen LogP contribution in [0.2, 0.25) is 0 Å². The minimum Gasteiger partial charge on any atom is -0.497 e. The van der Waals surface area contributed by atoms with Crippen molar-refractivity contribution in [1.82, 2.24) is 4.57 Å². The molecule has 1 fully saturated rings. The number of nitrogens with two attached hydrogens (primary N) is 1. The van der Waals surface area contributed by atoms with Gasteiger partial charge in [0.05, 0.1) is 30.6 Å². The number of ether oxygens (including phenoxy) is 2. The van der Waals surface area contributed by atoms with E-state index >= 15 is 0 Å². The number of nitrogens with zero attached hydrogens (tertiary/aromatic N) is 1. The number of methoxy groups -OCH3 is 1. The number of hydrogen-bond acceptors (Lipinski definition) is 4. The van der Waals surface area contributed by atoms with Crippen molar-refractivity contribution in [3.05, 3.63) is 42.5 Å². The van der Waals surface area contributed by atoms with Crippen molar-refractivity contribution in [2.24, 2.45) is 5.92 Å². The second-order valence-electron chi connectivity index (χ2n) is 8.29. The maximum atomic E-state index is 11.9. The monoisotopic (exact) mass is 407 g/mol. The quantitative estimate of drug-likeness (QED) is 0.539. The lowest BCUT2D eigenvalue weighted by molar-refractivity contribution is 0.147. The Morgan fingerprint density at radius 3 is 2.53 bits per heavy atom. The highest BCUT2D eigenvalue weighted by Gasteiger charge is 2.27. The number of nitrogens with one attached hydrogen (secondary N) is 1. The summed E-state index contributed by atoms with van der Waals surface area (Å²) >= 11 is 0. The van der Waals surface area contributed by atoms with Gasteiger partial charge in [-0.2, -0.15) is 0 Å². The van der Waals surface area contributed by atoms with Crippen molar-refractivity contribution in [3.8, 4) is 17.0 Å². The lowest BCUT2D eigenvalue weighted by Gasteiger charge is -2.30. The van der Waals surface area contributed by atoms with E-state index in [4.69, 9.17) is 15.2 Å². The fraction of sp³-hybridized carbons (Fsp3) is 0.375. The summed E-state index contributed by atoms with van der Waals surface area (Å²) in [4.78, 5) is 11.9. The van der Waals surface area contributed by atoms with E-state index in [-0.39, 0.29) is 0 Å². The first-order valence-corrected chi connectivity index (χ1v) is 10.5. The number of rotatable bonds is 6. The molecule has 0 spiro atoms. The maximum absolute atomic E-state index is 11.9. The molecule has 6 heteroatoms. The summed E-state index contributed by atoms with van der Waals surface area (Å²) in [5.41, 5.74) is 11.2. The third kappa shape index (κ3) is 3.82. The van der Waals surface area contributed by atoms with E-state index in [9.17, 15) is 4.79 Å². The molecule has 1 amide bonds. The van der Waals surface area contributed by atoms with E-state index in [0.717, 1.165) is 46.4 Å². The fourth-order valence-corrected chi connectivity index (χ4v) is 3.87. The number of amides is 1. The molecule has 3 aromatic rings. The molecule has 1 saturated carbocycles. The number of hydrogen-bond donors (Lipinski definition) is 2. The van der Waals surface area contributed by atoms with Crippen LogP contribution in [0.25, 0.3) is 22.2 Å². The third-order valence-corrected chi connectivity index (χ3v) is 5.64. The molecule has 30 heavy (non-hydrogen) atoms. The summed E-state index contributed by atoms with van der Waals surface area (Å²) in [5.74, 6) is 1.12. The minimum absolute atomic E-state index is 0.299. The van der Waals surface area contributed by atoms with Gasteiger partial charge >= 0.3 is 6.09 Å². The fourth-order valence-electron chi connectivity index (χ4n) is 3.87. The van der Waals surface area contributed by atoms with Gasteiger partial charge in [0, 0.05) is 28.7 Å². The highest BCUT2D eigenvalue weighted by Crippen LogP contribution is 2.44. The molecule has 0 radical (unpaired) electrons. The average Bonchev–Trinajstić information content (AvgIpc) is 2.97. The van der Waals surface area contributed by atoms with Crippen LogP contribution in [0.3, 0.4) is 0 Å². The SMILES string of the molecule is COc1ccc2c(N)c(-c3ccc(NC(=O)OCC(C)C)cc3)n(C3CCC3)c2c1. The van der Waals surface area contributed by atoms with Gasteiger partial charge in [-0.05, 0) is 49.4 Å². The number of fused-ring (bicyclic) bond motifs is 1. The van der Waals surface area contributed by atoms with Crippen LogP contribution in [0, 0.1) is 5.92 Å². The van der Waals surface area contributed by atoms with Gasteiger partial charge in [0.2, 0.25) is 0 Å². The molecule has 4 rings (SSSR count). The van der Waals surface area contributed by atoms with Gasteiger partial charge < -0.3 is 19.8 Å². The van der Waals surface area contributed by atoms with Crippen molar-refractivity contribution < 1.29 is 14.3 Å². The number of aromatic nitrogens is 1. The van der Waals surface area contributed by atoms with Gasteiger partial charge in [-0.15, -0.1) is 0 Å². The lowest BCUT2D eigenvalue weighted by atomic mass is 9.92. The van der Waals surface area contributed by atoms with Crippen LogP contribution in [-0.2, 0) is 4.74 Å². The number of anilines is 2. The molecule has 158 valence electrons. The zero-order valence-corrected chi connectivity index (χ0v) is 17.8. The van der Waals surface area contributed by atoms with Crippen LogP contribution >= 0.6 is 0 Å². The molecular formula is C24H29N3O3. The van der Waals surface area contributed by atoms with Crippen LogP contribution in [0.15, 0.2) is 42.5 Å². The largest absolute Gasteiger partial charge is 0.497 e. The van der Waals surface area contributed by atoms with E-state index in [2.05, 4.69) is 16.0 Å². The Morgan fingerprint density at radius 2 is 1.93 bits per heavy atom. The Kier molecular flexibility index (Phi) is 5.57. The molecule has 3 N–H and O–H groups in total. The normalized spacial score (nSPS) is 14.0. The standard InChI is InChI=1S/C24H29N3O3/c1-15(2)14-30-24(28)26-17-9-7-16(8-10-17)23-22(25)20-12-11-19(29-3)13-21(20)27(23)18-5-4-6-18/h7-13,15,18H,4-6,14,25H2,1-3H3,(H,26,28). The van der Waals surface area contributed by atoms with Crippen LogP contribution < -0.4 is 15.8 Å². The van der Waals surface area contributed by atoms with E-state index in [1.165, 1.54) is 6.42 Å². The Morgan fingerprint density at radius 1 is 1.20 bits per heavy atom. The Labute approximate surface area is 177 Å². The van der Waals surface area contributed by atoms with E-state index in [1.54, 1.807) is 7.11 Å². The second kappa shape index (κ2) is 8.30. The predicted molar refractivity (Wildman–Crippen MR) is 121 cm³/mol. The molecule has 6 nitrogen and oxygen atoms in total. The van der Waals surface area contributed by atoms with Crippen molar-refractivity contribution >= 4 is 28.4 Å². The number of benzene rings is 2. The maximum Gasteiger partial charge on any atom is 0.411 e. The molecule has 1 aromatic heterocycles. The summed E-state index contributed by atoms with van der Waals surface area (Å²) in [6.45, 7) is 4.40. The smallest absolute Gasteiger partial charge is 0.411 e. The molecule has 1 aliphatic carbocycles. The van der Waals surface area contributed by atoms with Crippen molar-refractivity contribution in [2.45, 2.75) is 39.2 Å². The van der Waals surface area contributed by atoms with Gasteiger partial charge in [0.15, 0.2) is 0 Å². The van der Waals surface area contributed by atoms with Crippen LogP contribution in [0.5, 0.6) is 5.75 Å². The Hall–Kier alpha value is -3.15. The van der Waals surface area contributed by atoms with Crippen molar-refractivity contribution in [2.75, 3.05) is 24.8 Å². The summed E-state index contributed by atoms with van der Waals surface area (Å²) in [5, 5.41) is 3.82. The lowest BCUT2D eigenvalue weighted by Crippen LogP contribution is -2.18. The summed E-state index contributed by atoms with van der Waals surface area (Å²) in [6, 6.07) is 14.2. The Balaban J connectivity index is 1.67. The van der Waals surface area contributed by atoms with Gasteiger partial charge in [0.1, 0.15) is 5.75 Å². The van der Waals surface area contributed by atoms with E-state index in [1.807, 2.05) is 50.2 Å². The first-order valence-electron chi connectivity index (χ1n) is 10.5. The molecule has 0 bridgehead atoms. The van der Waals surface area contributed by atoms with Crippen molar-refractivity contribution in [1.29, 1.82) is 0 Å². The molecule has 0 saturated heterocycles. The highest BCUT2D eigenvalue weighted by atomic mass is 16.5. The van der Waals surface area contributed by atoms with Crippen LogP contribution in [0.4, 0.5) is 16.2 Å². The van der Waals surface area contributed by atoms with Gasteiger partial charge in [-0.25, -0.2) is 4.79 Å². The first kappa shape index (κ1) is 20.1. The first-order chi connectivity index (χ1) is 14.5. The second-order valence-corrected chi connectivity index (χ2v) is 8.29. The zero-order valence-electron chi connectivity index (χ0n) is 17.8. The number of carbonyl (C=O) groups is 1. The molecular weight excluding hydrogens is 378 g/mol. The van der Waals surface area contributed by atoms with E-state index < -0.39 is 6.09 Å². The van der Waals surface area contributed by atoms with E-state index in [0.29, 0.717) is 24.3 Å². The zero-order chi connectivity index (χ0) is 21.3. The molecule has 0 aliphatic heterocycles. The van der Waals surface area contributed by atoms with Crippen molar-refractivity contribution in [3.63, 3.8) is 0 Å². The number of carbonyl (C=O) groups excluding carboxylic acids is 1. The molecule has 0 atom stereocenters. The summed E-state index contributed by atoms with van der Waals surface area (Å²) in [7, 11) is 1.68. The van der Waals surface area contributed by atoms with Gasteiger partial charge in [-0.1, -0.05) is 26.0 Å². The highest BCUT2D eigenvalue weighted by molar-refractivity contribution is 6.01. The summed E-state index contributed by atoms with van der Waals surface area (Å²) in [6.07, 6.45) is 3.09. The number of nitrogen functional groups attached to an aromatic ring is 1. The minimum atomic E-state index is -0.438. The Bertz CT molecular complexity index is 1050. The molecule has 0 unspecified atom stereocenters. The topological polar surface area (TPSA) is 78.5 Å². The molecule has 1 aliphatic rings.